The van der Waals surface area contributed by atoms with E-state index in [1.54, 1.807) is 0 Å². The van der Waals surface area contributed by atoms with Gasteiger partial charge in [-0.1, -0.05) is 36.3 Å². The van der Waals surface area contributed by atoms with Gasteiger partial charge in [0.15, 0.2) is 17.5 Å². The number of ether oxygens (including phenoxy) is 1. The summed E-state index contributed by atoms with van der Waals surface area (Å²) in [6.45, 7) is -1.26. The van der Waals surface area contributed by atoms with E-state index in [0.717, 1.165) is 15.6 Å². The van der Waals surface area contributed by atoms with Gasteiger partial charge < -0.3 is 25.0 Å². The lowest BCUT2D eigenvalue weighted by molar-refractivity contribution is -0.171. The van der Waals surface area contributed by atoms with Crippen molar-refractivity contribution in [1.82, 2.24) is 19.9 Å². The molecule has 44 heavy (non-hydrogen) atoms. The van der Waals surface area contributed by atoms with Gasteiger partial charge in [-0.2, -0.15) is 13.2 Å². The summed E-state index contributed by atoms with van der Waals surface area (Å²) in [6, 6.07) is 4.13. The molecule has 0 unspecified atom stereocenters. The van der Waals surface area contributed by atoms with Crippen LogP contribution in [0, 0.1) is 23.9 Å². The van der Waals surface area contributed by atoms with E-state index in [4.69, 9.17) is 4.74 Å². The Bertz CT molecular complexity index is 1460. The van der Waals surface area contributed by atoms with Gasteiger partial charge in [0.1, 0.15) is 24.0 Å². The maximum Gasteiger partial charge on any atom is 0.416 e. The van der Waals surface area contributed by atoms with Gasteiger partial charge in [0, 0.05) is 18.5 Å². The Morgan fingerprint density at radius 3 is 2.41 bits per heavy atom. The van der Waals surface area contributed by atoms with E-state index in [0.29, 0.717) is 37.8 Å². The number of aromatic nitrogens is 3. The Morgan fingerprint density at radius 1 is 1.07 bits per heavy atom. The molecule has 15 heteroatoms. The normalized spacial score (nSPS) is 26.0. The third-order valence-electron chi connectivity index (χ3n) is 7.98. The number of alkyl halides is 3. The van der Waals surface area contributed by atoms with Crippen LogP contribution < -0.4 is 0 Å². The number of hydrogen-bond donors (Lipinski definition) is 3. The zero-order valence-corrected chi connectivity index (χ0v) is 23.0. The Balaban J connectivity index is 1.46. The van der Waals surface area contributed by atoms with Crippen molar-refractivity contribution in [2.24, 2.45) is 0 Å². The molecular formula is C29H29F6N4O5. The predicted octanol–water partition coefficient (Wildman–Crippen LogP) is 3.58. The summed E-state index contributed by atoms with van der Waals surface area (Å²) in [7, 11) is 0. The molecule has 1 saturated heterocycles. The van der Waals surface area contributed by atoms with Crippen LogP contribution in [-0.4, -0.2) is 78.2 Å². The van der Waals surface area contributed by atoms with Gasteiger partial charge in [-0.05, 0) is 36.6 Å². The fourth-order valence-electron chi connectivity index (χ4n) is 5.72. The van der Waals surface area contributed by atoms with Crippen molar-refractivity contribution in [1.29, 1.82) is 0 Å². The molecule has 0 spiro atoms. The molecular weight excluding hydrogens is 598 g/mol. The van der Waals surface area contributed by atoms with Crippen LogP contribution in [0.2, 0.25) is 0 Å². The zero-order chi connectivity index (χ0) is 31.8. The number of nitrogens with zero attached hydrogens (tertiary/aromatic N) is 4. The first-order valence-corrected chi connectivity index (χ1v) is 13.9. The molecule has 2 aliphatic rings. The second-order valence-electron chi connectivity index (χ2n) is 10.8. The van der Waals surface area contributed by atoms with E-state index in [-0.39, 0.29) is 16.8 Å². The monoisotopic (exact) mass is 627 g/mol. The lowest BCUT2D eigenvalue weighted by Gasteiger charge is -2.43. The van der Waals surface area contributed by atoms with Crippen molar-refractivity contribution in [2.45, 2.75) is 74.9 Å². The minimum atomic E-state index is -4.71. The van der Waals surface area contributed by atoms with Crippen LogP contribution in [0.1, 0.15) is 42.9 Å². The van der Waals surface area contributed by atoms with Crippen LogP contribution in [0.15, 0.2) is 42.6 Å². The molecule has 1 aliphatic carbocycles. The van der Waals surface area contributed by atoms with E-state index in [2.05, 4.69) is 10.3 Å². The molecule has 2 heterocycles. The summed E-state index contributed by atoms with van der Waals surface area (Å²) in [5.74, 6) is -5.41. The Morgan fingerprint density at radius 2 is 1.75 bits per heavy atom. The number of rotatable bonds is 7. The lowest BCUT2D eigenvalue weighted by Crippen LogP contribution is -2.57. The summed E-state index contributed by atoms with van der Waals surface area (Å²) in [5, 5.41) is 39.3. The first kappa shape index (κ1) is 31.9. The van der Waals surface area contributed by atoms with Gasteiger partial charge in [0.05, 0.1) is 36.6 Å². The number of carbonyl (C=O) groups is 1. The van der Waals surface area contributed by atoms with Gasteiger partial charge in [0.25, 0.3) is 5.91 Å². The second kappa shape index (κ2) is 12.8. The van der Waals surface area contributed by atoms with E-state index in [1.807, 2.05) is 0 Å². The topological polar surface area (TPSA) is 121 Å². The maximum atomic E-state index is 14.0. The molecule has 1 aliphatic heterocycles. The molecule has 3 N–H and O–H groups in total. The van der Waals surface area contributed by atoms with E-state index in [9.17, 15) is 46.5 Å². The van der Waals surface area contributed by atoms with Crippen LogP contribution in [0.5, 0.6) is 0 Å². The number of carbonyl (C=O) groups excluding carboxylic acids is 1. The molecule has 6 atom stereocenters. The lowest BCUT2D eigenvalue weighted by atomic mass is 9.89. The van der Waals surface area contributed by atoms with Gasteiger partial charge in [-0.15, -0.1) is 5.10 Å². The van der Waals surface area contributed by atoms with Crippen LogP contribution >= 0.6 is 0 Å². The maximum absolute atomic E-state index is 14.0. The smallest absolute Gasteiger partial charge is 0.394 e. The van der Waals surface area contributed by atoms with Crippen molar-refractivity contribution >= 4 is 5.91 Å². The molecule has 1 amide bonds. The summed E-state index contributed by atoms with van der Waals surface area (Å²) in [6.07, 6.45) is -5.74. The van der Waals surface area contributed by atoms with E-state index < -0.39 is 84.7 Å². The highest BCUT2D eigenvalue weighted by molar-refractivity contribution is 5.83. The number of amides is 1. The molecule has 1 aromatic heterocycles. The van der Waals surface area contributed by atoms with E-state index in [1.165, 1.54) is 30.8 Å². The zero-order valence-electron chi connectivity index (χ0n) is 23.0. The molecule has 9 nitrogen and oxygen atoms in total. The number of aliphatic hydroxyl groups is 3. The molecule has 1 radical (unpaired) electrons. The summed E-state index contributed by atoms with van der Waals surface area (Å²) in [5.41, 5.74) is -1.41. The van der Waals surface area contributed by atoms with E-state index >= 15 is 0 Å². The van der Waals surface area contributed by atoms with Crippen molar-refractivity contribution < 1.29 is 51.2 Å². The van der Waals surface area contributed by atoms with Crippen LogP contribution in [-0.2, 0) is 22.3 Å². The van der Waals surface area contributed by atoms with Crippen LogP contribution in [0.25, 0.3) is 11.3 Å². The van der Waals surface area contributed by atoms with Crippen molar-refractivity contribution in [3.05, 3.63) is 77.6 Å². The van der Waals surface area contributed by atoms with Crippen molar-refractivity contribution in [3.8, 4) is 11.3 Å². The Kier molecular flexibility index (Phi) is 9.30. The van der Waals surface area contributed by atoms with Crippen molar-refractivity contribution in [3.63, 3.8) is 0 Å². The molecule has 3 aromatic rings. The third kappa shape index (κ3) is 6.46. The van der Waals surface area contributed by atoms with Crippen LogP contribution in [0.4, 0.5) is 26.3 Å². The fourth-order valence-corrected chi connectivity index (χ4v) is 5.72. The SMILES string of the molecule is O=C([C@H]1[CH][C@H](n2cc(-c3cc(F)c(F)c(F)c3)nn2)[C@@H](O)[C@@H](CO)O1)N(Cc1ccccc1C(F)(F)F)[C@H]1CCCC[C@@H]1O. The first-order valence-electron chi connectivity index (χ1n) is 13.9. The standard InChI is InChI=1S/C29H29F6N4O5/c30-18-9-16(10-19(31)26(18)32)20-13-39(37-36-20)22-11-24(44-25(14-40)27(22)42)28(43)38(21-7-3-4-8-23(21)41)12-15-5-1-2-6-17(15)29(33,34)35/h1-2,5-6,9-11,13,21-25,27,40-42H,3-4,7-8,12,14H2/t21-,22-,23-,24+,25+,27+/m0/s1. The highest BCUT2D eigenvalue weighted by Gasteiger charge is 2.45. The molecule has 1 saturated carbocycles. The minimum absolute atomic E-state index is 0.103. The molecule has 2 fully saturated rings. The third-order valence-corrected chi connectivity index (χ3v) is 7.98. The van der Waals surface area contributed by atoms with Gasteiger partial charge in [-0.25, -0.2) is 17.9 Å². The number of halogens is 6. The number of benzene rings is 2. The molecule has 2 aromatic carbocycles. The second-order valence-corrected chi connectivity index (χ2v) is 10.8. The van der Waals surface area contributed by atoms with Gasteiger partial charge in [0.2, 0.25) is 0 Å². The first-order chi connectivity index (χ1) is 20.9. The van der Waals surface area contributed by atoms with Gasteiger partial charge >= 0.3 is 6.18 Å². The summed E-state index contributed by atoms with van der Waals surface area (Å²) >= 11 is 0. The average Bonchev–Trinajstić information content (AvgIpc) is 3.48. The van der Waals surface area contributed by atoms with Crippen molar-refractivity contribution in [2.75, 3.05) is 6.61 Å². The molecule has 0 bridgehead atoms. The highest BCUT2D eigenvalue weighted by Crippen LogP contribution is 2.36. The average molecular weight is 628 g/mol. The predicted molar refractivity (Wildman–Crippen MR) is 141 cm³/mol. The Labute approximate surface area is 247 Å². The Hall–Kier alpha value is -3.53. The number of hydrogen-bond acceptors (Lipinski definition) is 7. The van der Waals surface area contributed by atoms with Gasteiger partial charge in [-0.3, -0.25) is 4.79 Å². The highest BCUT2D eigenvalue weighted by atomic mass is 19.4. The quantitative estimate of drug-likeness (QED) is 0.271. The molecule has 5 rings (SSSR count). The fraction of sp³-hybridized carbons (Fsp3) is 0.448. The summed E-state index contributed by atoms with van der Waals surface area (Å²) < 4.78 is 89.3. The van der Waals surface area contributed by atoms with Crippen LogP contribution in [0.3, 0.4) is 0 Å². The largest absolute Gasteiger partial charge is 0.416 e. The molecule has 237 valence electrons. The summed E-state index contributed by atoms with van der Waals surface area (Å²) in [4.78, 5) is 15.2. The number of aliphatic hydroxyl groups excluding tert-OH is 3. The minimum Gasteiger partial charge on any atom is -0.394 e.